The van der Waals surface area contributed by atoms with E-state index >= 15 is 0 Å². The first kappa shape index (κ1) is 17.2. The average molecular weight is 322 g/mol. The van der Waals surface area contributed by atoms with Crippen LogP contribution in [0, 0.1) is 0 Å². The number of nitrogens with one attached hydrogen (secondary N) is 1. The smallest absolute Gasteiger partial charge is 0.219 e. The number of rotatable bonds is 6. The minimum Gasteiger partial charge on any atom is -0.496 e. The van der Waals surface area contributed by atoms with Crippen LogP contribution in [0.5, 0.6) is 5.75 Å². The van der Waals surface area contributed by atoms with Gasteiger partial charge in [0.1, 0.15) is 5.75 Å². The van der Waals surface area contributed by atoms with Crippen molar-refractivity contribution in [3.05, 3.63) is 23.8 Å². The van der Waals surface area contributed by atoms with Crippen molar-refractivity contribution < 1.29 is 9.53 Å². The van der Waals surface area contributed by atoms with Crippen LogP contribution in [0.1, 0.15) is 31.7 Å². The Labute approximate surface area is 137 Å². The Bertz CT molecular complexity index is 507. The van der Waals surface area contributed by atoms with Gasteiger partial charge in [0, 0.05) is 30.4 Å². The zero-order valence-corrected chi connectivity index (χ0v) is 14.5. The van der Waals surface area contributed by atoms with Crippen LogP contribution in [-0.4, -0.2) is 43.3 Å². The number of piperidine rings is 1. The summed E-state index contributed by atoms with van der Waals surface area (Å²) in [6.45, 7) is 4.82. The molecule has 1 amide bonds. The van der Waals surface area contributed by atoms with Gasteiger partial charge in [0.2, 0.25) is 5.91 Å². The Hall–Kier alpha value is -1.20. The van der Waals surface area contributed by atoms with Gasteiger partial charge in [-0.25, -0.2) is 0 Å². The Morgan fingerprint density at radius 2 is 2.32 bits per heavy atom. The Morgan fingerprint density at radius 3 is 3.00 bits per heavy atom. The molecule has 1 aromatic carbocycles. The van der Waals surface area contributed by atoms with Crippen LogP contribution in [0.25, 0.3) is 0 Å². The summed E-state index contributed by atoms with van der Waals surface area (Å²) < 4.78 is 5.46. The third-order valence-electron chi connectivity index (χ3n) is 4.05. The second-order valence-corrected chi connectivity index (χ2v) is 6.53. The normalized spacial score (nSPS) is 19.0. The number of likely N-dealkylation sites (tertiary alicyclic amines) is 1. The number of ether oxygens (including phenoxy) is 1. The summed E-state index contributed by atoms with van der Waals surface area (Å²) >= 11 is 1.70. The van der Waals surface area contributed by atoms with E-state index in [9.17, 15) is 4.79 Å². The van der Waals surface area contributed by atoms with Crippen LogP contribution in [-0.2, 0) is 11.3 Å². The van der Waals surface area contributed by atoms with Gasteiger partial charge in [0.15, 0.2) is 0 Å². The highest BCUT2D eigenvalue weighted by molar-refractivity contribution is 7.98. The van der Waals surface area contributed by atoms with E-state index in [1.54, 1.807) is 18.9 Å². The van der Waals surface area contributed by atoms with Crippen molar-refractivity contribution in [2.24, 2.45) is 0 Å². The quantitative estimate of drug-likeness (QED) is 0.818. The molecule has 1 aromatic rings. The molecule has 1 unspecified atom stereocenters. The molecule has 0 spiro atoms. The minimum atomic E-state index is 0.151. The lowest BCUT2D eigenvalue weighted by Gasteiger charge is -2.33. The molecular formula is C17H26N2O2S. The minimum absolute atomic E-state index is 0.151. The Balaban J connectivity index is 1.96. The number of benzene rings is 1. The van der Waals surface area contributed by atoms with Crippen molar-refractivity contribution in [1.29, 1.82) is 0 Å². The maximum Gasteiger partial charge on any atom is 0.219 e. The van der Waals surface area contributed by atoms with E-state index in [1.807, 2.05) is 6.92 Å². The van der Waals surface area contributed by atoms with Crippen LogP contribution in [0.2, 0.25) is 0 Å². The van der Waals surface area contributed by atoms with Crippen molar-refractivity contribution in [1.82, 2.24) is 10.2 Å². The predicted molar refractivity (Wildman–Crippen MR) is 91.5 cm³/mol. The molecule has 0 aliphatic carbocycles. The number of hydrogen-bond donors (Lipinski definition) is 1. The van der Waals surface area contributed by atoms with Gasteiger partial charge in [-0.15, -0.1) is 11.8 Å². The molecule has 0 radical (unpaired) electrons. The van der Waals surface area contributed by atoms with Crippen LogP contribution >= 0.6 is 11.8 Å². The molecule has 0 aromatic heterocycles. The average Bonchev–Trinajstić information content (AvgIpc) is 2.55. The van der Waals surface area contributed by atoms with E-state index in [0.29, 0.717) is 6.42 Å². The molecule has 0 bridgehead atoms. The molecule has 1 fully saturated rings. The van der Waals surface area contributed by atoms with E-state index in [4.69, 9.17) is 4.74 Å². The van der Waals surface area contributed by atoms with E-state index < -0.39 is 0 Å². The summed E-state index contributed by atoms with van der Waals surface area (Å²) in [5.41, 5.74) is 1.26. The lowest BCUT2D eigenvalue weighted by molar-refractivity contribution is -0.121. The van der Waals surface area contributed by atoms with Crippen LogP contribution < -0.4 is 10.1 Å². The van der Waals surface area contributed by atoms with Crippen molar-refractivity contribution in [3.63, 3.8) is 0 Å². The number of methoxy groups -OCH3 is 1. The molecule has 0 saturated carbocycles. The number of thioether (sulfide) groups is 1. The van der Waals surface area contributed by atoms with Crippen LogP contribution in [0.3, 0.4) is 0 Å². The van der Waals surface area contributed by atoms with Crippen LogP contribution in [0.15, 0.2) is 23.1 Å². The van der Waals surface area contributed by atoms with Gasteiger partial charge in [-0.2, -0.15) is 0 Å². The van der Waals surface area contributed by atoms with Gasteiger partial charge in [-0.1, -0.05) is 13.0 Å². The fraction of sp³-hybridized carbons (Fsp3) is 0.588. The third-order valence-corrected chi connectivity index (χ3v) is 4.82. The summed E-state index contributed by atoms with van der Waals surface area (Å²) in [6, 6.07) is 6.70. The lowest BCUT2D eigenvalue weighted by Crippen LogP contribution is -2.47. The highest BCUT2D eigenvalue weighted by Crippen LogP contribution is 2.29. The summed E-state index contributed by atoms with van der Waals surface area (Å²) in [5.74, 6) is 1.09. The fourth-order valence-electron chi connectivity index (χ4n) is 2.88. The molecule has 1 N–H and O–H groups in total. The zero-order valence-electron chi connectivity index (χ0n) is 13.7. The molecule has 1 heterocycles. The number of amides is 1. The molecule has 2 rings (SSSR count). The fourth-order valence-corrected chi connectivity index (χ4v) is 3.43. The van der Waals surface area contributed by atoms with Crippen molar-refractivity contribution in [2.75, 3.05) is 26.5 Å². The van der Waals surface area contributed by atoms with Crippen molar-refractivity contribution in [2.45, 2.75) is 43.7 Å². The second-order valence-electron chi connectivity index (χ2n) is 5.68. The molecule has 4 nitrogen and oxygen atoms in total. The molecular weight excluding hydrogens is 296 g/mol. The molecule has 5 heteroatoms. The first-order valence-electron chi connectivity index (χ1n) is 7.88. The standard InChI is InChI=1S/C17H26N2O2S/c1-4-17(20)18-14-6-5-9-19(12-14)11-13-7-8-16(22-3)15(10-13)21-2/h7-8,10,14H,4-6,9,11-12H2,1-3H3,(H,18,20). The highest BCUT2D eigenvalue weighted by Gasteiger charge is 2.21. The first-order chi connectivity index (χ1) is 10.7. The van der Waals surface area contributed by atoms with E-state index in [0.717, 1.165) is 43.1 Å². The summed E-state index contributed by atoms with van der Waals surface area (Å²) in [7, 11) is 1.72. The highest BCUT2D eigenvalue weighted by atomic mass is 32.2. The molecule has 1 atom stereocenters. The third kappa shape index (κ3) is 4.65. The molecule has 122 valence electrons. The van der Waals surface area contributed by atoms with E-state index in [1.165, 1.54) is 5.56 Å². The molecule has 1 saturated heterocycles. The summed E-state index contributed by atoms with van der Waals surface area (Å²) in [6.07, 6.45) is 4.83. The zero-order chi connectivity index (χ0) is 15.9. The lowest BCUT2D eigenvalue weighted by atomic mass is 10.0. The summed E-state index contributed by atoms with van der Waals surface area (Å²) in [5, 5.41) is 3.12. The second kappa shape index (κ2) is 8.44. The predicted octanol–water partition coefficient (Wildman–Crippen LogP) is 2.91. The van der Waals surface area contributed by atoms with Gasteiger partial charge >= 0.3 is 0 Å². The van der Waals surface area contributed by atoms with E-state index in [2.05, 4.69) is 34.7 Å². The maximum atomic E-state index is 11.6. The maximum absolute atomic E-state index is 11.6. The van der Waals surface area contributed by atoms with Gasteiger partial charge in [-0.3, -0.25) is 9.69 Å². The number of carbonyl (C=O) groups is 1. The monoisotopic (exact) mass is 322 g/mol. The summed E-state index contributed by atoms with van der Waals surface area (Å²) in [4.78, 5) is 15.1. The largest absolute Gasteiger partial charge is 0.496 e. The molecule has 1 aliphatic rings. The first-order valence-corrected chi connectivity index (χ1v) is 9.11. The number of nitrogens with zero attached hydrogens (tertiary/aromatic N) is 1. The Kier molecular flexibility index (Phi) is 6.58. The number of hydrogen-bond acceptors (Lipinski definition) is 4. The molecule has 1 aliphatic heterocycles. The van der Waals surface area contributed by atoms with Gasteiger partial charge < -0.3 is 10.1 Å². The van der Waals surface area contributed by atoms with Crippen LogP contribution in [0.4, 0.5) is 0 Å². The van der Waals surface area contributed by atoms with Gasteiger partial charge in [0.05, 0.1) is 7.11 Å². The van der Waals surface area contributed by atoms with E-state index in [-0.39, 0.29) is 11.9 Å². The van der Waals surface area contributed by atoms with Crippen molar-refractivity contribution >= 4 is 17.7 Å². The SMILES string of the molecule is CCC(=O)NC1CCCN(Cc2ccc(SC)c(OC)c2)C1. The number of carbonyl (C=O) groups excluding carboxylic acids is 1. The Morgan fingerprint density at radius 1 is 1.50 bits per heavy atom. The van der Waals surface area contributed by atoms with Crippen molar-refractivity contribution in [3.8, 4) is 5.75 Å². The topological polar surface area (TPSA) is 41.6 Å². The van der Waals surface area contributed by atoms with Gasteiger partial charge in [-0.05, 0) is 43.3 Å². The molecule has 22 heavy (non-hydrogen) atoms. The van der Waals surface area contributed by atoms with Gasteiger partial charge in [0.25, 0.3) is 0 Å².